The van der Waals surface area contributed by atoms with Gasteiger partial charge in [0.05, 0.1) is 11.5 Å². The minimum Gasteiger partial charge on any atom is -0.387 e. The number of H-pyrrole nitrogens is 1. The van der Waals surface area contributed by atoms with E-state index in [2.05, 4.69) is 15.2 Å². The van der Waals surface area contributed by atoms with E-state index < -0.39 is 0 Å². The smallest absolute Gasteiger partial charge is 0.175 e. The van der Waals surface area contributed by atoms with Crippen LogP contribution in [-0.2, 0) is 0 Å². The molecule has 0 fully saturated rings. The summed E-state index contributed by atoms with van der Waals surface area (Å²) in [5.41, 5.74) is 7.49. The molecule has 4 nitrogen and oxygen atoms in total. The maximum atomic E-state index is 5.47. The fourth-order valence-electron chi connectivity index (χ4n) is 1.31. The van der Waals surface area contributed by atoms with Crippen LogP contribution in [0, 0.1) is 0 Å². The van der Waals surface area contributed by atoms with Gasteiger partial charge in [0.2, 0.25) is 0 Å². The lowest BCUT2D eigenvalue weighted by Crippen LogP contribution is -2.03. The zero-order valence-corrected chi connectivity index (χ0v) is 11.2. The van der Waals surface area contributed by atoms with Gasteiger partial charge in [-0.05, 0) is 12.5 Å². The Labute approximate surface area is 111 Å². The van der Waals surface area contributed by atoms with Gasteiger partial charge in [0.1, 0.15) is 0 Å². The van der Waals surface area contributed by atoms with Gasteiger partial charge in [-0.25, -0.2) is 4.99 Å². The van der Waals surface area contributed by atoms with Crippen molar-refractivity contribution in [2.24, 2.45) is 10.7 Å². The van der Waals surface area contributed by atoms with Crippen molar-refractivity contribution >= 4 is 35.6 Å². The normalized spacial score (nSPS) is 10.9. The molecule has 0 saturated carbocycles. The molecule has 1 aromatic heterocycles. The third-order valence-electron chi connectivity index (χ3n) is 1.94. The number of amidine groups is 1. The van der Waals surface area contributed by atoms with E-state index in [0.717, 1.165) is 11.3 Å². The summed E-state index contributed by atoms with van der Waals surface area (Å²) in [5, 5.41) is 6.95. The quantitative estimate of drug-likeness (QED) is 0.506. The molecule has 5 heteroatoms. The summed E-state index contributed by atoms with van der Waals surface area (Å²) in [6, 6.07) is 11.8. The van der Waals surface area contributed by atoms with E-state index in [1.807, 2.05) is 36.4 Å². The first-order valence-electron chi connectivity index (χ1n) is 4.67. The molecule has 0 amide bonds. The second-order valence-corrected chi connectivity index (χ2v) is 3.26. The Hall–Kier alpha value is -1.37. The highest BCUT2D eigenvalue weighted by Crippen LogP contribution is 2.20. The van der Waals surface area contributed by atoms with Crippen LogP contribution in [0.5, 0.6) is 0 Å². The summed E-state index contributed by atoms with van der Waals surface area (Å²) in [6.45, 7) is 1.73. The molecular weight excluding hydrogens is 315 g/mol. The Balaban J connectivity index is 0.00000128. The van der Waals surface area contributed by atoms with Crippen molar-refractivity contribution in [1.29, 1.82) is 0 Å². The minimum atomic E-state index is 0. The van der Waals surface area contributed by atoms with Crippen LogP contribution in [0.3, 0.4) is 0 Å². The number of aromatic nitrogens is 2. The largest absolute Gasteiger partial charge is 0.387 e. The summed E-state index contributed by atoms with van der Waals surface area (Å²) in [4.78, 5) is 4.06. The highest BCUT2D eigenvalue weighted by Gasteiger charge is 2.01. The first-order valence-corrected chi connectivity index (χ1v) is 4.67. The second-order valence-electron chi connectivity index (χ2n) is 3.26. The predicted molar refractivity (Wildman–Crippen MR) is 76.4 cm³/mol. The van der Waals surface area contributed by atoms with Crippen LogP contribution >= 0.6 is 24.0 Å². The Morgan fingerprint density at radius 1 is 1.31 bits per heavy atom. The molecule has 0 aliphatic heterocycles. The molecule has 2 rings (SSSR count). The van der Waals surface area contributed by atoms with E-state index in [1.54, 1.807) is 6.92 Å². The van der Waals surface area contributed by atoms with Crippen LogP contribution < -0.4 is 5.73 Å². The Morgan fingerprint density at radius 3 is 2.62 bits per heavy atom. The number of hydrogen-bond acceptors (Lipinski definition) is 2. The number of aliphatic imine (C=N–C) groups is 1. The second kappa shape index (κ2) is 5.64. The van der Waals surface area contributed by atoms with Crippen molar-refractivity contribution in [3.63, 3.8) is 0 Å². The number of nitrogens with zero attached hydrogens (tertiary/aromatic N) is 2. The fraction of sp³-hybridized carbons (Fsp3) is 0.0909. The summed E-state index contributed by atoms with van der Waals surface area (Å²) < 4.78 is 0. The number of benzene rings is 1. The first kappa shape index (κ1) is 12.7. The van der Waals surface area contributed by atoms with E-state index in [0.29, 0.717) is 11.7 Å². The molecule has 1 heterocycles. The molecule has 16 heavy (non-hydrogen) atoms. The molecule has 0 aliphatic rings. The SMILES string of the molecule is CC(N)=Nc1cc(-c2ccccc2)[nH]n1.I. The minimum absolute atomic E-state index is 0. The predicted octanol–water partition coefficient (Wildman–Crippen LogP) is 2.70. The van der Waals surface area contributed by atoms with Gasteiger partial charge in [-0.3, -0.25) is 5.10 Å². The fourth-order valence-corrected chi connectivity index (χ4v) is 1.31. The molecule has 0 aliphatic carbocycles. The van der Waals surface area contributed by atoms with Crippen molar-refractivity contribution in [3.8, 4) is 11.3 Å². The highest BCUT2D eigenvalue weighted by molar-refractivity contribution is 14.0. The molecule has 0 atom stereocenters. The number of rotatable bonds is 2. The number of nitrogens with one attached hydrogen (secondary N) is 1. The third-order valence-corrected chi connectivity index (χ3v) is 1.94. The molecular formula is C11H13IN4. The molecule has 0 unspecified atom stereocenters. The highest BCUT2D eigenvalue weighted by atomic mass is 127. The van der Waals surface area contributed by atoms with Gasteiger partial charge in [-0.15, -0.1) is 24.0 Å². The number of hydrogen-bond donors (Lipinski definition) is 2. The number of nitrogens with two attached hydrogens (primary N) is 1. The van der Waals surface area contributed by atoms with Crippen molar-refractivity contribution in [3.05, 3.63) is 36.4 Å². The molecule has 1 aromatic carbocycles. The molecule has 0 saturated heterocycles. The van der Waals surface area contributed by atoms with Crippen LogP contribution in [0.2, 0.25) is 0 Å². The van der Waals surface area contributed by atoms with Gasteiger partial charge in [-0.1, -0.05) is 30.3 Å². The van der Waals surface area contributed by atoms with Crippen LogP contribution in [0.15, 0.2) is 41.4 Å². The van der Waals surface area contributed by atoms with E-state index in [1.165, 1.54) is 0 Å². The van der Waals surface area contributed by atoms with E-state index >= 15 is 0 Å². The van der Waals surface area contributed by atoms with Crippen molar-refractivity contribution < 1.29 is 0 Å². The van der Waals surface area contributed by atoms with Gasteiger partial charge in [-0.2, -0.15) is 5.10 Å². The lowest BCUT2D eigenvalue weighted by atomic mass is 10.2. The van der Waals surface area contributed by atoms with Gasteiger partial charge in [0, 0.05) is 6.07 Å². The van der Waals surface area contributed by atoms with Gasteiger partial charge in [0.15, 0.2) is 5.82 Å². The van der Waals surface area contributed by atoms with Gasteiger partial charge < -0.3 is 5.73 Å². The summed E-state index contributed by atoms with van der Waals surface area (Å²) in [6.07, 6.45) is 0. The van der Waals surface area contributed by atoms with Crippen LogP contribution in [-0.4, -0.2) is 16.0 Å². The Morgan fingerprint density at radius 2 is 2.00 bits per heavy atom. The van der Waals surface area contributed by atoms with Crippen molar-refractivity contribution in [2.75, 3.05) is 0 Å². The summed E-state index contributed by atoms with van der Waals surface area (Å²) in [5.74, 6) is 1.11. The first-order chi connectivity index (χ1) is 7.25. The molecule has 2 aromatic rings. The maximum Gasteiger partial charge on any atom is 0.175 e. The van der Waals surface area contributed by atoms with Crippen LogP contribution in [0.4, 0.5) is 5.82 Å². The molecule has 0 radical (unpaired) electrons. The Bertz CT molecular complexity index is 472. The van der Waals surface area contributed by atoms with Crippen LogP contribution in [0.25, 0.3) is 11.3 Å². The third kappa shape index (κ3) is 3.06. The summed E-state index contributed by atoms with van der Waals surface area (Å²) >= 11 is 0. The molecule has 0 spiro atoms. The molecule has 3 N–H and O–H groups in total. The van der Waals surface area contributed by atoms with E-state index in [9.17, 15) is 0 Å². The molecule has 84 valence electrons. The summed E-state index contributed by atoms with van der Waals surface area (Å²) in [7, 11) is 0. The number of aromatic amines is 1. The van der Waals surface area contributed by atoms with E-state index in [4.69, 9.17) is 5.73 Å². The molecule has 0 bridgehead atoms. The lowest BCUT2D eigenvalue weighted by molar-refractivity contribution is 1.08. The van der Waals surface area contributed by atoms with Crippen LogP contribution in [0.1, 0.15) is 6.92 Å². The zero-order valence-electron chi connectivity index (χ0n) is 8.84. The average molecular weight is 328 g/mol. The van der Waals surface area contributed by atoms with Gasteiger partial charge >= 0.3 is 0 Å². The maximum absolute atomic E-state index is 5.47. The topological polar surface area (TPSA) is 67.1 Å². The monoisotopic (exact) mass is 328 g/mol. The zero-order chi connectivity index (χ0) is 10.7. The van der Waals surface area contributed by atoms with E-state index in [-0.39, 0.29) is 24.0 Å². The average Bonchev–Trinajstić information content (AvgIpc) is 2.67. The van der Waals surface area contributed by atoms with Crippen molar-refractivity contribution in [1.82, 2.24) is 10.2 Å². The lowest BCUT2D eigenvalue weighted by Gasteiger charge is -1.93. The Kier molecular flexibility index (Phi) is 4.48. The van der Waals surface area contributed by atoms with Gasteiger partial charge in [0.25, 0.3) is 0 Å². The standard InChI is InChI=1S/C11H12N4.HI/c1-8(12)13-11-7-10(14-15-11)9-5-3-2-4-6-9;/h2-7H,1H3,(H3,12,13,14,15);1H. The number of halogens is 1. The van der Waals surface area contributed by atoms with Crippen molar-refractivity contribution in [2.45, 2.75) is 6.92 Å².